The van der Waals surface area contributed by atoms with Gasteiger partial charge in [0, 0.05) is 17.8 Å². The van der Waals surface area contributed by atoms with Crippen molar-refractivity contribution in [2.75, 3.05) is 0 Å². The Morgan fingerprint density at radius 2 is 2.04 bits per heavy atom. The minimum Gasteiger partial charge on any atom is -0.478 e. The number of rotatable bonds is 4. The number of nitrogens with zero attached hydrogens (tertiary/aromatic N) is 3. The van der Waals surface area contributed by atoms with Gasteiger partial charge in [-0.1, -0.05) is 6.07 Å². The van der Waals surface area contributed by atoms with E-state index in [1.54, 1.807) is 0 Å². The van der Waals surface area contributed by atoms with Crippen LogP contribution in [-0.2, 0) is 12.7 Å². The fraction of sp³-hybridized carbons (Fsp3) is 0.231. The number of carboxylic acid groups (broad SMARTS) is 1. The van der Waals surface area contributed by atoms with Crippen molar-refractivity contribution in [1.29, 1.82) is 0 Å². The van der Waals surface area contributed by atoms with Crippen molar-refractivity contribution in [2.24, 2.45) is 0 Å². The molecular weight excluding hydrogens is 355 g/mol. The third-order valence-corrected chi connectivity index (χ3v) is 3.06. The van der Waals surface area contributed by atoms with Gasteiger partial charge in [-0.2, -0.15) is 18.3 Å². The second-order valence-corrected chi connectivity index (χ2v) is 4.77. The van der Waals surface area contributed by atoms with Gasteiger partial charge in [0.2, 0.25) is 0 Å². The molecule has 0 aliphatic heterocycles. The van der Waals surface area contributed by atoms with Gasteiger partial charge in [-0.15, -0.1) is 12.4 Å². The van der Waals surface area contributed by atoms with Gasteiger partial charge >= 0.3 is 12.1 Å². The van der Waals surface area contributed by atoms with Gasteiger partial charge in [0.15, 0.2) is 5.69 Å². The maximum atomic E-state index is 12.8. The van der Waals surface area contributed by atoms with E-state index >= 15 is 0 Å². The average molecular weight is 366 g/mol. The van der Waals surface area contributed by atoms with Crippen LogP contribution in [-0.4, -0.2) is 25.8 Å². The van der Waals surface area contributed by atoms with Gasteiger partial charge < -0.3 is 5.11 Å². The summed E-state index contributed by atoms with van der Waals surface area (Å²) in [5.74, 6) is -1.73. The Labute approximate surface area is 139 Å². The van der Waals surface area contributed by atoms with Gasteiger partial charge in [-0.3, -0.25) is 14.8 Å². The second kappa shape index (κ2) is 6.87. The summed E-state index contributed by atoms with van der Waals surface area (Å²) in [4.78, 5) is 21.0. The lowest BCUT2D eigenvalue weighted by Crippen LogP contribution is -2.12. The summed E-state index contributed by atoms with van der Waals surface area (Å²) in [5.41, 5.74) is -1.74. The van der Waals surface area contributed by atoms with Crippen LogP contribution in [0, 0.1) is 17.0 Å². The molecule has 1 N–H and O–H groups in total. The molecular formula is C13H11ClF3N3O4. The Morgan fingerprint density at radius 1 is 1.42 bits per heavy atom. The number of benzene rings is 1. The van der Waals surface area contributed by atoms with Gasteiger partial charge in [-0.25, -0.2) is 4.79 Å². The Balaban J connectivity index is 0.00000288. The number of hydrogen-bond acceptors (Lipinski definition) is 4. The topological polar surface area (TPSA) is 98.3 Å². The number of aryl methyl sites for hydroxylation is 1. The Hall–Kier alpha value is -2.62. The molecule has 0 unspecified atom stereocenters. The lowest BCUT2D eigenvalue weighted by atomic mass is 10.1. The molecule has 0 saturated carbocycles. The van der Waals surface area contributed by atoms with Crippen LogP contribution in [0.1, 0.15) is 27.2 Å². The maximum Gasteiger partial charge on any atom is 0.436 e. The highest BCUT2D eigenvalue weighted by Crippen LogP contribution is 2.31. The molecule has 0 atom stereocenters. The highest BCUT2D eigenvalue weighted by atomic mass is 35.5. The third kappa shape index (κ3) is 4.02. The predicted octanol–water partition coefficient (Wildman–Crippen LogP) is 3.29. The van der Waals surface area contributed by atoms with E-state index in [0.29, 0.717) is 11.1 Å². The van der Waals surface area contributed by atoms with Gasteiger partial charge in [-0.05, 0) is 18.6 Å². The van der Waals surface area contributed by atoms with E-state index in [4.69, 9.17) is 5.11 Å². The van der Waals surface area contributed by atoms with E-state index in [9.17, 15) is 28.1 Å². The number of nitro benzene ring substituents is 1. The monoisotopic (exact) mass is 365 g/mol. The first-order valence-electron chi connectivity index (χ1n) is 6.21. The molecule has 2 aromatic rings. The molecule has 0 fully saturated rings. The molecule has 2 rings (SSSR count). The number of carboxylic acids is 1. The number of alkyl halides is 3. The first-order valence-corrected chi connectivity index (χ1v) is 6.21. The van der Waals surface area contributed by atoms with Gasteiger partial charge in [0.25, 0.3) is 5.69 Å². The van der Waals surface area contributed by atoms with E-state index < -0.39 is 28.3 Å². The molecule has 1 aromatic heterocycles. The van der Waals surface area contributed by atoms with Crippen LogP contribution in [0.2, 0.25) is 0 Å². The van der Waals surface area contributed by atoms with Crippen molar-refractivity contribution >= 4 is 24.1 Å². The number of hydrogen-bond donors (Lipinski definition) is 1. The van der Waals surface area contributed by atoms with Gasteiger partial charge in [0.1, 0.15) is 5.56 Å². The van der Waals surface area contributed by atoms with Crippen LogP contribution in [0.3, 0.4) is 0 Å². The first-order chi connectivity index (χ1) is 10.6. The van der Waals surface area contributed by atoms with Crippen LogP contribution in [0.4, 0.5) is 18.9 Å². The van der Waals surface area contributed by atoms with Crippen LogP contribution in [0.15, 0.2) is 24.4 Å². The number of halogens is 4. The molecule has 0 aliphatic carbocycles. The summed E-state index contributed by atoms with van der Waals surface area (Å²) < 4.78 is 39.1. The second-order valence-electron chi connectivity index (χ2n) is 4.77. The lowest BCUT2D eigenvalue weighted by Gasteiger charge is -2.05. The molecule has 0 aliphatic rings. The smallest absolute Gasteiger partial charge is 0.436 e. The lowest BCUT2D eigenvalue weighted by molar-refractivity contribution is -0.385. The maximum absolute atomic E-state index is 12.8. The van der Waals surface area contributed by atoms with Crippen molar-refractivity contribution < 1.29 is 28.0 Å². The normalized spacial score (nSPS) is 11.0. The Kier molecular flexibility index (Phi) is 5.56. The zero-order valence-corrected chi connectivity index (χ0v) is 12.9. The molecule has 7 nitrogen and oxygen atoms in total. The van der Waals surface area contributed by atoms with Crippen molar-refractivity contribution in [3.63, 3.8) is 0 Å². The summed E-state index contributed by atoms with van der Waals surface area (Å²) in [6.45, 7) is 1.35. The summed E-state index contributed by atoms with van der Waals surface area (Å²) in [7, 11) is 0. The molecule has 1 aromatic carbocycles. The van der Waals surface area contributed by atoms with E-state index in [-0.39, 0.29) is 24.6 Å². The Morgan fingerprint density at radius 3 is 2.46 bits per heavy atom. The highest BCUT2D eigenvalue weighted by Gasteiger charge is 2.39. The van der Waals surface area contributed by atoms with E-state index in [1.807, 2.05) is 0 Å². The molecule has 0 radical (unpaired) electrons. The van der Waals surface area contributed by atoms with Crippen molar-refractivity contribution in [2.45, 2.75) is 19.6 Å². The average Bonchev–Trinajstić information content (AvgIpc) is 2.82. The van der Waals surface area contributed by atoms with E-state index in [2.05, 4.69) is 5.10 Å². The van der Waals surface area contributed by atoms with Crippen molar-refractivity contribution in [3.05, 3.63) is 56.9 Å². The largest absolute Gasteiger partial charge is 0.478 e. The van der Waals surface area contributed by atoms with Crippen LogP contribution in [0.5, 0.6) is 0 Å². The fourth-order valence-corrected chi connectivity index (χ4v) is 2.08. The van der Waals surface area contributed by atoms with Crippen LogP contribution < -0.4 is 0 Å². The van der Waals surface area contributed by atoms with Crippen molar-refractivity contribution in [1.82, 2.24) is 9.78 Å². The molecule has 0 bridgehead atoms. The molecule has 130 valence electrons. The van der Waals surface area contributed by atoms with E-state index in [0.717, 1.165) is 10.9 Å². The summed E-state index contributed by atoms with van der Waals surface area (Å²) in [6, 6.07) is 4.05. The fourth-order valence-electron chi connectivity index (χ4n) is 2.08. The first kappa shape index (κ1) is 19.4. The van der Waals surface area contributed by atoms with Crippen LogP contribution in [0.25, 0.3) is 0 Å². The minimum absolute atomic E-state index is 0. The SMILES string of the molecule is Cc1cc(Cn2cc(C(=O)O)c(C(F)(F)F)n2)ccc1[N+](=O)[O-].Cl. The standard InChI is InChI=1S/C13H10F3N3O4.ClH/c1-7-4-8(2-3-10(7)19(22)23)5-18-6-9(12(20)21)11(17-18)13(14,15)16;/h2-4,6H,5H2,1H3,(H,20,21);1H. The molecule has 24 heavy (non-hydrogen) atoms. The zero-order chi connectivity index (χ0) is 17.4. The molecule has 0 saturated heterocycles. The molecule has 0 amide bonds. The predicted molar refractivity (Wildman–Crippen MR) is 78.4 cm³/mol. The molecule has 0 spiro atoms. The number of aromatic carboxylic acids is 1. The van der Waals surface area contributed by atoms with Crippen molar-refractivity contribution in [3.8, 4) is 0 Å². The number of carbonyl (C=O) groups is 1. The summed E-state index contributed by atoms with van der Waals surface area (Å²) >= 11 is 0. The van der Waals surface area contributed by atoms with Gasteiger partial charge in [0.05, 0.1) is 11.5 Å². The quantitative estimate of drug-likeness (QED) is 0.662. The number of aromatic nitrogens is 2. The molecule has 11 heteroatoms. The third-order valence-electron chi connectivity index (χ3n) is 3.06. The number of nitro groups is 1. The van der Waals surface area contributed by atoms with E-state index in [1.165, 1.54) is 25.1 Å². The summed E-state index contributed by atoms with van der Waals surface area (Å²) in [6.07, 6.45) is -4.10. The Bertz CT molecular complexity index is 789. The highest BCUT2D eigenvalue weighted by molar-refractivity contribution is 5.88. The zero-order valence-electron chi connectivity index (χ0n) is 12.1. The molecule has 1 heterocycles. The van der Waals surface area contributed by atoms with Crippen LogP contribution >= 0.6 is 12.4 Å². The minimum atomic E-state index is -4.88. The summed E-state index contributed by atoms with van der Waals surface area (Å²) in [5, 5.41) is 22.8.